The van der Waals surface area contributed by atoms with Gasteiger partial charge >= 0.3 is 6.61 Å². The first-order chi connectivity index (χ1) is 14.3. The van der Waals surface area contributed by atoms with Crippen LogP contribution in [-0.2, 0) is 11.3 Å². The molecule has 0 atom stereocenters. The SMILES string of the molecule is CC(=O)NCCNC(=O)c1nccc2nn(Cc3ccc(OC(F)F)c(C)c3)cc12. The van der Waals surface area contributed by atoms with Crippen LogP contribution in [0.25, 0.3) is 10.9 Å². The molecule has 10 heteroatoms. The van der Waals surface area contributed by atoms with Crippen molar-refractivity contribution in [3.63, 3.8) is 0 Å². The van der Waals surface area contributed by atoms with E-state index in [1.165, 1.54) is 19.2 Å². The van der Waals surface area contributed by atoms with Crippen molar-refractivity contribution in [2.75, 3.05) is 13.1 Å². The minimum Gasteiger partial charge on any atom is -0.435 e. The molecule has 1 aromatic carbocycles. The van der Waals surface area contributed by atoms with Gasteiger partial charge in [0, 0.05) is 32.4 Å². The lowest BCUT2D eigenvalue weighted by Crippen LogP contribution is -2.34. The summed E-state index contributed by atoms with van der Waals surface area (Å²) in [5, 5.41) is 10.4. The fourth-order valence-corrected chi connectivity index (χ4v) is 2.98. The quantitative estimate of drug-likeness (QED) is 0.548. The number of hydrogen-bond acceptors (Lipinski definition) is 5. The van der Waals surface area contributed by atoms with Gasteiger partial charge in [0.2, 0.25) is 5.91 Å². The van der Waals surface area contributed by atoms with Crippen LogP contribution in [0.2, 0.25) is 0 Å². The Kier molecular flexibility index (Phi) is 6.55. The first-order valence-electron chi connectivity index (χ1n) is 9.22. The van der Waals surface area contributed by atoms with E-state index in [1.807, 2.05) is 0 Å². The molecule has 0 saturated carbocycles. The molecule has 3 rings (SSSR count). The van der Waals surface area contributed by atoms with Crippen LogP contribution >= 0.6 is 0 Å². The monoisotopic (exact) mass is 417 g/mol. The van der Waals surface area contributed by atoms with Crippen molar-refractivity contribution < 1.29 is 23.1 Å². The Morgan fingerprint density at radius 2 is 1.97 bits per heavy atom. The molecule has 0 aliphatic rings. The topological polar surface area (TPSA) is 98.1 Å². The second-order valence-electron chi connectivity index (χ2n) is 6.64. The molecule has 0 spiro atoms. The van der Waals surface area contributed by atoms with E-state index in [1.54, 1.807) is 36.0 Å². The van der Waals surface area contributed by atoms with Gasteiger partial charge in [-0.25, -0.2) is 0 Å². The number of fused-ring (bicyclic) bond motifs is 1. The molecule has 0 unspecified atom stereocenters. The van der Waals surface area contributed by atoms with Crippen LogP contribution in [0, 0.1) is 6.92 Å². The number of halogens is 2. The average molecular weight is 417 g/mol. The molecule has 0 bridgehead atoms. The van der Waals surface area contributed by atoms with Gasteiger partial charge in [-0.1, -0.05) is 12.1 Å². The number of nitrogens with one attached hydrogen (secondary N) is 2. The number of carbonyl (C=O) groups excluding carboxylic acids is 2. The van der Waals surface area contributed by atoms with Crippen molar-refractivity contribution in [2.24, 2.45) is 0 Å². The maximum Gasteiger partial charge on any atom is 0.387 e. The molecule has 0 aliphatic heterocycles. The van der Waals surface area contributed by atoms with E-state index in [9.17, 15) is 18.4 Å². The Morgan fingerprint density at radius 1 is 1.20 bits per heavy atom. The molecule has 0 aliphatic carbocycles. The van der Waals surface area contributed by atoms with Gasteiger partial charge in [0.1, 0.15) is 11.4 Å². The number of nitrogens with zero attached hydrogens (tertiary/aromatic N) is 3. The zero-order chi connectivity index (χ0) is 21.7. The van der Waals surface area contributed by atoms with Gasteiger partial charge < -0.3 is 15.4 Å². The highest BCUT2D eigenvalue weighted by Crippen LogP contribution is 2.22. The number of carbonyl (C=O) groups is 2. The summed E-state index contributed by atoms with van der Waals surface area (Å²) in [4.78, 5) is 27.5. The predicted octanol–water partition coefficient (Wildman–Crippen LogP) is 2.26. The lowest BCUT2D eigenvalue weighted by Gasteiger charge is -2.09. The Morgan fingerprint density at radius 3 is 2.67 bits per heavy atom. The zero-order valence-electron chi connectivity index (χ0n) is 16.5. The Labute approximate surface area is 171 Å². The van der Waals surface area contributed by atoms with Crippen LogP contribution < -0.4 is 15.4 Å². The first kappa shape index (κ1) is 21.2. The number of aromatic nitrogens is 3. The lowest BCUT2D eigenvalue weighted by molar-refractivity contribution is -0.118. The molecular weight excluding hydrogens is 396 g/mol. The standard InChI is InChI=1S/C20H21F2N5O3/c1-12-9-14(3-4-17(12)30-20(21)22)10-27-11-15-16(26-27)5-6-24-18(15)19(29)25-8-7-23-13(2)28/h3-6,9,11,20H,7-8,10H2,1-2H3,(H,23,28)(H,25,29). The average Bonchev–Trinajstić information content (AvgIpc) is 3.09. The zero-order valence-corrected chi connectivity index (χ0v) is 16.5. The third-order valence-corrected chi connectivity index (χ3v) is 4.28. The molecule has 2 N–H and O–H groups in total. The second kappa shape index (κ2) is 9.29. The number of hydrogen-bond donors (Lipinski definition) is 2. The van der Waals surface area contributed by atoms with Gasteiger partial charge in [-0.3, -0.25) is 19.3 Å². The minimum atomic E-state index is -2.87. The van der Waals surface area contributed by atoms with E-state index in [0.717, 1.165) is 5.56 Å². The summed E-state index contributed by atoms with van der Waals surface area (Å²) in [6.07, 6.45) is 3.22. The van der Waals surface area contributed by atoms with E-state index in [2.05, 4.69) is 25.5 Å². The molecule has 2 amide bonds. The predicted molar refractivity (Wildman–Crippen MR) is 105 cm³/mol. The van der Waals surface area contributed by atoms with Gasteiger partial charge in [-0.05, 0) is 30.2 Å². The molecule has 3 aromatic rings. The van der Waals surface area contributed by atoms with Crippen LogP contribution in [0.15, 0.2) is 36.7 Å². The van der Waals surface area contributed by atoms with Crippen molar-refractivity contribution in [3.05, 3.63) is 53.5 Å². The fraction of sp³-hybridized carbons (Fsp3) is 0.300. The number of rotatable bonds is 8. The normalized spacial score (nSPS) is 11.0. The molecule has 2 heterocycles. The molecule has 0 radical (unpaired) electrons. The highest BCUT2D eigenvalue weighted by molar-refractivity contribution is 6.04. The highest BCUT2D eigenvalue weighted by Gasteiger charge is 2.15. The van der Waals surface area contributed by atoms with Crippen LogP contribution in [0.1, 0.15) is 28.5 Å². The molecule has 2 aromatic heterocycles. The van der Waals surface area contributed by atoms with E-state index < -0.39 is 6.61 Å². The lowest BCUT2D eigenvalue weighted by atomic mass is 10.1. The molecule has 0 saturated heterocycles. The summed E-state index contributed by atoms with van der Waals surface area (Å²) in [6, 6.07) is 6.63. The van der Waals surface area contributed by atoms with Crippen LogP contribution in [0.5, 0.6) is 5.75 Å². The maximum absolute atomic E-state index is 12.4. The number of pyridine rings is 1. The van der Waals surface area contributed by atoms with E-state index in [-0.39, 0.29) is 29.8 Å². The number of benzene rings is 1. The number of ether oxygens (including phenoxy) is 1. The summed E-state index contributed by atoms with van der Waals surface area (Å²) >= 11 is 0. The van der Waals surface area contributed by atoms with E-state index >= 15 is 0 Å². The van der Waals surface area contributed by atoms with Crippen LogP contribution in [0.4, 0.5) is 8.78 Å². The van der Waals surface area contributed by atoms with Crippen molar-refractivity contribution in [1.82, 2.24) is 25.4 Å². The number of aryl methyl sites for hydroxylation is 1. The third-order valence-electron chi connectivity index (χ3n) is 4.28. The van der Waals surface area contributed by atoms with Gasteiger partial charge in [0.05, 0.1) is 17.4 Å². The van der Waals surface area contributed by atoms with Crippen molar-refractivity contribution in [1.29, 1.82) is 0 Å². The molecule has 8 nitrogen and oxygen atoms in total. The molecular formula is C20H21F2N5O3. The van der Waals surface area contributed by atoms with Crippen LogP contribution in [0.3, 0.4) is 0 Å². The third kappa shape index (κ3) is 5.28. The summed E-state index contributed by atoms with van der Waals surface area (Å²) in [6.45, 7) is 1.20. The van der Waals surface area contributed by atoms with Crippen LogP contribution in [-0.4, -0.2) is 46.3 Å². The highest BCUT2D eigenvalue weighted by atomic mass is 19.3. The summed E-state index contributed by atoms with van der Waals surface area (Å²) < 4.78 is 30.9. The van der Waals surface area contributed by atoms with Gasteiger partial charge in [0.25, 0.3) is 5.91 Å². The maximum atomic E-state index is 12.4. The summed E-state index contributed by atoms with van der Waals surface area (Å²) in [5.74, 6) is -0.411. The number of alkyl halides is 2. The first-order valence-corrected chi connectivity index (χ1v) is 9.22. The smallest absolute Gasteiger partial charge is 0.387 e. The Balaban J connectivity index is 1.74. The Bertz CT molecular complexity index is 1070. The minimum absolute atomic E-state index is 0.127. The van der Waals surface area contributed by atoms with Crippen molar-refractivity contribution >= 4 is 22.7 Å². The molecule has 30 heavy (non-hydrogen) atoms. The Hall–Kier alpha value is -3.56. The molecule has 0 fully saturated rings. The molecule has 158 valence electrons. The van der Waals surface area contributed by atoms with Gasteiger partial charge in [0.15, 0.2) is 0 Å². The van der Waals surface area contributed by atoms with Gasteiger partial charge in [-0.2, -0.15) is 13.9 Å². The van der Waals surface area contributed by atoms with E-state index in [0.29, 0.717) is 29.6 Å². The summed E-state index contributed by atoms with van der Waals surface area (Å²) in [7, 11) is 0. The summed E-state index contributed by atoms with van der Waals surface area (Å²) in [5.41, 5.74) is 2.27. The van der Waals surface area contributed by atoms with Crippen molar-refractivity contribution in [3.8, 4) is 5.75 Å². The van der Waals surface area contributed by atoms with Gasteiger partial charge in [-0.15, -0.1) is 0 Å². The number of amides is 2. The largest absolute Gasteiger partial charge is 0.435 e. The fourth-order valence-electron chi connectivity index (χ4n) is 2.98. The second-order valence-corrected chi connectivity index (χ2v) is 6.64. The van der Waals surface area contributed by atoms with E-state index in [4.69, 9.17) is 0 Å². The van der Waals surface area contributed by atoms with Crippen molar-refractivity contribution in [2.45, 2.75) is 27.0 Å².